The van der Waals surface area contributed by atoms with E-state index in [4.69, 9.17) is 9.47 Å². The van der Waals surface area contributed by atoms with Crippen molar-refractivity contribution in [1.82, 2.24) is 0 Å². The first kappa shape index (κ1) is 19.2. The zero-order chi connectivity index (χ0) is 18.6. The van der Waals surface area contributed by atoms with E-state index in [1.807, 2.05) is 65.3 Å². The van der Waals surface area contributed by atoms with Crippen LogP contribution in [0.4, 0.5) is 0 Å². The first-order chi connectivity index (χ1) is 11.7. The molecule has 1 unspecified atom stereocenters. The Morgan fingerprint density at radius 2 is 1.76 bits per heavy atom. The van der Waals surface area contributed by atoms with Gasteiger partial charge < -0.3 is 9.47 Å². The smallest absolute Gasteiger partial charge is 0.346 e. The van der Waals surface area contributed by atoms with Crippen molar-refractivity contribution in [3.05, 3.63) is 64.7 Å². The van der Waals surface area contributed by atoms with Crippen molar-refractivity contribution in [2.75, 3.05) is 28.3 Å². The van der Waals surface area contributed by atoms with E-state index in [2.05, 4.69) is 12.1 Å². The highest BCUT2D eigenvalue weighted by Crippen LogP contribution is 2.26. The maximum Gasteiger partial charge on any atom is 0.346 e. The van der Waals surface area contributed by atoms with E-state index in [1.165, 1.54) is 0 Å². The quantitative estimate of drug-likeness (QED) is 0.749. The number of carbonyl (C=O) groups excluding carboxylic acids is 1. The summed E-state index contributed by atoms with van der Waals surface area (Å²) in [4.78, 5) is 12.7. The van der Waals surface area contributed by atoms with Crippen LogP contribution in [0.5, 0.6) is 5.75 Å². The largest absolute Gasteiger partial charge is 0.489 e. The van der Waals surface area contributed by atoms with Crippen molar-refractivity contribution < 1.29 is 18.8 Å². The van der Waals surface area contributed by atoms with E-state index >= 15 is 0 Å². The molecule has 0 fully saturated rings. The number of methoxy groups -OCH3 is 1. The number of quaternary nitrogens is 1. The first-order valence-corrected chi connectivity index (χ1v) is 8.40. The number of aryl methyl sites for hydroxylation is 2. The van der Waals surface area contributed by atoms with Crippen molar-refractivity contribution in [3.63, 3.8) is 0 Å². The van der Waals surface area contributed by atoms with Crippen LogP contribution in [0.1, 0.15) is 28.4 Å². The summed E-state index contributed by atoms with van der Waals surface area (Å²) < 4.78 is 11.8. The zero-order valence-corrected chi connectivity index (χ0v) is 16.0. The lowest BCUT2D eigenvalue weighted by atomic mass is 10.0. The van der Waals surface area contributed by atoms with Crippen LogP contribution in [0.15, 0.2) is 42.5 Å². The molecule has 4 heteroatoms. The number of rotatable bonds is 6. The minimum Gasteiger partial charge on any atom is -0.489 e. The molecule has 0 aliphatic heterocycles. The van der Waals surface area contributed by atoms with Gasteiger partial charge in [0, 0.05) is 12.7 Å². The van der Waals surface area contributed by atoms with Gasteiger partial charge in [0.15, 0.2) is 6.10 Å². The summed E-state index contributed by atoms with van der Waals surface area (Å²) in [7, 11) is 7.12. The van der Waals surface area contributed by atoms with Gasteiger partial charge in [0.25, 0.3) is 0 Å². The molecule has 0 saturated carbocycles. The summed E-state index contributed by atoms with van der Waals surface area (Å²) in [5.41, 5.74) is 4.06. The van der Waals surface area contributed by atoms with Crippen LogP contribution < -0.4 is 4.74 Å². The van der Waals surface area contributed by atoms with Gasteiger partial charge in [-0.15, -0.1) is 0 Å². The number of hydrogen-bond acceptors (Lipinski definition) is 3. The molecule has 2 rings (SSSR count). The molecule has 25 heavy (non-hydrogen) atoms. The van der Waals surface area contributed by atoms with Crippen LogP contribution in [0.2, 0.25) is 0 Å². The lowest BCUT2D eigenvalue weighted by Crippen LogP contribution is -2.45. The normalized spacial score (nSPS) is 12.7. The van der Waals surface area contributed by atoms with Gasteiger partial charge in [-0.2, -0.15) is 0 Å². The number of hydrogen-bond donors (Lipinski definition) is 0. The van der Waals surface area contributed by atoms with Crippen LogP contribution in [0.25, 0.3) is 0 Å². The first-order valence-electron chi connectivity index (χ1n) is 8.40. The summed E-state index contributed by atoms with van der Waals surface area (Å²) in [5, 5.41) is 0. The molecule has 134 valence electrons. The van der Waals surface area contributed by atoms with Gasteiger partial charge in [0.2, 0.25) is 0 Å². The number of nitrogens with zero attached hydrogens (tertiary/aromatic N) is 1. The topological polar surface area (TPSA) is 35.5 Å². The van der Waals surface area contributed by atoms with Crippen molar-refractivity contribution in [2.45, 2.75) is 26.6 Å². The number of likely N-dealkylation sites (N-methyl/N-ethyl adjacent to an activating group) is 1. The molecule has 0 radical (unpaired) electrons. The maximum atomic E-state index is 12.7. The van der Waals surface area contributed by atoms with E-state index in [-0.39, 0.29) is 10.4 Å². The van der Waals surface area contributed by atoms with Crippen molar-refractivity contribution in [1.29, 1.82) is 0 Å². The van der Waals surface area contributed by atoms with E-state index in [9.17, 15) is 4.79 Å². The molecule has 1 atom stereocenters. The van der Waals surface area contributed by atoms with Crippen molar-refractivity contribution in [2.24, 2.45) is 0 Å². The molecule has 0 aliphatic carbocycles. The second-order valence-corrected chi connectivity index (χ2v) is 7.22. The van der Waals surface area contributed by atoms with E-state index in [1.54, 1.807) is 7.11 Å². The fourth-order valence-corrected chi connectivity index (χ4v) is 2.65. The van der Waals surface area contributed by atoms with Crippen LogP contribution in [-0.4, -0.2) is 38.6 Å². The minimum atomic E-state index is -0.613. The average molecular weight is 342 g/mol. The van der Waals surface area contributed by atoms with Gasteiger partial charge in [0.05, 0.1) is 21.1 Å². The molecule has 0 saturated heterocycles. The Balaban J connectivity index is 2.28. The molecule has 0 aromatic heterocycles. The number of ether oxygens (including phenoxy) is 2. The SMILES string of the molecule is COC(C(=O)[N+](C)(C)C)c1ccccc1COc1cc(C)ccc1C. The van der Waals surface area contributed by atoms with E-state index in [0.717, 1.165) is 28.0 Å². The van der Waals surface area contributed by atoms with Gasteiger partial charge in [0.1, 0.15) is 12.4 Å². The Labute approximate surface area is 150 Å². The highest BCUT2D eigenvalue weighted by atomic mass is 16.5. The number of amides is 1. The summed E-state index contributed by atoms with van der Waals surface area (Å²) in [5.74, 6) is 0.864. The van der Waals surface area contributed by atoms with Gasteiger partial charge in [-0.25, -0.2) is 4.79 Å². The fourth-order valence-electron chi connectivity index (χ4n) is 2.65. The van der Waals surface area contributed by atoms with Crippen molar-refractivity contribution >= 4 is 5.91 Å². The molecule has 4 nitrogen and oxygen atoms in total. The Morgan fingerprint density at radius 1 is 1.08 bits per heavy atom. The summed E-state index contributed by atoms with van der Waals surface area (Å²) >= 11 is 0. The third-order valence-corrected chi connectivity index (χ3v) is 4.19. The number of benzene rings is 2. The maximum absolute atomic E-state index is 12.7. The molecule has 0 N–H and O–H groups in total. The van der Waals surface area contributed by atoms with Crippen molar-refractivity contribution in [3.8, 4) is 5.75 Å². The molecule has 0 aliphatic rings. The standard InChI is InChI=1S/C21H28NO3/c1-15-11-12-16(2)19(13-15)25-14-17-9-7-8-10-18(17)20(24-6)21(23)22(3,4)5/h7-13,20H,14H2,1-6H3/q+1. The summed E-state index contributed by atoms with van der Waals surface area (Å²) in [6.07, 6.45) is -0.613. The highest BCUT2D eigenvalue weighted by Gasteiger charge is 2.33. The third-order valence-electron chi connectivity index (χ3n) is 4.19. The van der Waals surface area contributed by atoms with E-state index < -0.39 is 6.10 Å². The number of carbonyl (C=O) groups is 1. The van der Waals surface area contributed by atoms with Gasteiger partial charge in [-0.1, -0.05) is 36.4 Å². The lowest BCUT2D eigenvalue weighted by molar-refractivity contribution is -0.794. The molecule has 0 heterocycles. The molecular weight excluding hydrogens is 314 g/mol. The molecule has 2 aromatic carbocycles. The van der Waals surface area contributed by atoms with Gasteiger partial charge >= 0.3 is 5.91 Å². The molecular formula is C21H28NO3+. The van der Waals surface area contributed by atoms with Gasteiger partial charge in [-0.05, 0) is 36.6 Å². The highest BCUT2D eigenvalue weighted by molar-refractivity contribution is 5.76. The van der Waals surface area contributed by atoms with Crippen LogP contribution in [-0.2, 0) is 16.1 Å². The van der Waals surface area contributed by atoms with Crippen LogP contribution in [0.3, 0.4) is 0 Å². The molecule has 0 spiro atoms. The Kier molecular flexibility index (Phi) is 5.98. The minimum absolute atomic E-state index is 0.00156. The second-order valence-electron chi connectivity index (χ2n) is 7.22. The third kappa shape index (κ3) is 4.68. The fraction of sp³-hybridized carbons (Fsp3) is 0.381. The zero-order valence-electron chi connectivity index (χ0n) is 16.0. The second kappa shape index (κ2) is 7.81. The molecule has 2 aromatic rings. The Bertz CT molecular complexity index is 747. The predicted molar refractivity (Wildman–Crippen MR) is 99.5 cm³/mol. The molecule has 0 bridgehead atoms. The average Bonchev–Trinajstić information content (AvgIpc) is 2.56. The van der Waals surface area contributed by atoms with Crippen LogP contribution >= 0.6 is 0 Å². The Hall–Kier alpha value is -2.17. The van der Waals surface area contributed by atoms with E-state index in [0.29, 0.717) is 6.61 Å². The summed E-state index contributed by atoms with van der Waals surface area (Å²) in [6.45, 7) is 4.46. The predicted octanol–water partition coefficient (Wildman–Crippen LogP) is 3.80. The molecule has 1 amide bonds. The summed E-state index contributed by atoms with van der Waals surface area (Å²) in [6, 6.07) is 13.9. The Morgan fingerprint density at radius 3 is 2.40 bits per heavy atom. The van der Waals surface area contributed by atoms with Crippen LogP contribution in [0, 0.1) is 13.8 Å². The monoisotopic (exact) mass is 342 g/mol. The lowest BCUT2D eigenvalue weighted by Gasteiger charge is -2.26. The van der Waals surface area contributed by atoms with Gasteiger partial charge in [-0.3, -0.25) is 4.48 Å².